The molecule has 0 radical (unpaired) electrons. The SMILES string of the molecule is O=C(/C=C/c1ccc([N+](=O)[O-])cc1)NC(=S)Nc1cc([N+](=O)[O-])ccc1O. The van der Waals surface area contributed by atoms with Crippen LogP contribution in [0.1, 0.15) is 5.56 Å². The number of hydrogen-bond donors (Lipinski definition) is 3. The maximum absolute atomic E-state index is 11.8. The summed E-state index contributed by atoms with van der Waals surface area (Å²) in [5, 5.41) is 35.6. The minimum Gasteiger partial charge on any atom is -0.506 e. The summed E-state index contributed by atoms with van der Waals surface area (Å²) in [5.41, 5.74) is 0.195. The molecular weight excluding hydrogens is 376 g/mol. The second-order valence-corrected chi connectivity index (χ2v) is 5.49. The Balaban J connectivity index is 1.97. The highest BCUT2D eigenvalue weighted by molar-refractivity contribution is 7.80. The predicted molar refractivity (Wildman–Crippen MR) is 101 cm³/mol. The monoisotopic (exact) mass is 388 g/mol. The second-order valence-electron chi connectivity index (χ2n) is 5.08. The van der Waals surface area contributed by atoms with Gasteiger partial charge in [0.15, 0.2) is 5.11 Å². The number of nitro groups is 2. The molecule has 2 rings (SSSR count). The average molecular weight is 388 g/mol. The molecule has 0 aliphatic heterocycles. The maximum atomic E-state index is 11.8. The van der Waals surface area contributed by atoms with Crippen LogP contribution in [0.25, 0.3) is 6.08 Å². The van der Waals surface area contributed by atoms with Crippen molar-refractivity contribution < 1.29 is 19.7 Å². The number of nitro benzene ring substituents is 2. The molecule has 0 bridgehead atoms. The Hall–Kier alpha value is -3.86. The normalized spacial score (nSPS) is 10.4. The number of non-ortho nitro benzene ring substituents is 2. The van der Waals surface area contributed by atoms with Gasteiger partial charge in [0.2, 0.25) is 5.91 Å². The number of carbonyl (C=O) groups is 1. The Morgan fingerprint density at radius 1 is 1.04 bits per heavy atom. The van der Waals surface area contributed by atoms with Crippen molar-refractivity contribution in [1.29, 1.82) is 0 Å². The number of aromatic hydroxyl groups is 1. The summed E-state index contributed by atoms with van der Waals surface area (Å²) in [4.78, 5) is 32.0. The van der Waals surface area contributed by atoms with E-state index in [-0.39, 0.29) is 27.9 Å². The van der Waals surface area contributed by atoms with Gasteiger partial charge in [-0.3, -0.25) is 30.3 Å². The lowest BCUT2D eigenvalue weighted by Crippen LogP contribution is -2.32. The van der Waals surface area contributed by atoms with E-state index in [4.69, 9.17) is 12.2 Å². The van der Waals surface area contributed by atoms with E-state index in [1.54, 1.807) is 0 Å². The number of anilines is 1. The summed E-state index contributed by atoms with van der Waals surface area (Å²) >= 11 is 4.92. The molecule has 11 heteroatoms. The lowest BCUT2D eigenvalue weighted by Gasteiger charge is -2.09. The summed E-state index contributed by atoms with van der Waals surface area (Å²) in [6, 6.07) is 8.86. The molecule has 0 spiro atoms. The van der Waals surface area contributed by atoms with E-state index in [9.17, 15) is 30.1 Å². The van der Waals surface area contributed by atoms with Crippen LogP contribution in [0, 0.1) is 20.2 Å². The van der Waals surface area contributed by atoms with Crippen molar-refractivity contribution in [3.05, 3.63) is 74.3 Å². The number of nitrogens with zero attached hydrogens (tertiary/aromatic N) is 2. The van der Waals surface area contributed by atoms with Crippen LogP contribution in [0.5, 0.6) is 5.75 Å². The number of benzene rings is 2. The molecule has 2 aromatic rings. The summed E-state index contributed by atoms with van der Waals surface area (Å²) in [6.45, 7) is 0. The van der Waals surface area contributed by atoms with Gasteiger partial charge in [0, 0.05) is 30.3 Å². The number of hydrogen-bond acceptors (Lipinski definition) is 7. The molecule has 0 saturated carbocycles. The predicted octanol–water partition coefficient (Wildman–Crippen LogP) is 2.74. The second kappa shape index (κ2) is 8.49. The lowest BCUT2D eigenvalue weighted by atomic mass is 10.2. The van der Waals surface area contributed by atoms with Crippen molar-refractivity contribution in [3.8, 4) is 5.75 Å². The van der Waals surface area contributed by atoms with Gasteiger partial charge in [0.05, 0.1) is 15.5 Å². The molecule has 138 valence electrons. The standard InChI is InChI=1S/C16H12N4O6S/c21-14-7-6-12(20(25)26)9-13(14)17-16(27)18-15(22)8-3-10-1-4-11(5-2-10)19(23)24/h1-9,21H,(H2,17,18,22,27)/b8-3+. The Labute approximate surface area is 157 Å². The van der Waals surface area contributed by atoms with Gasteiger partial charge in [-0.25, -0.2) is 0 Å². The first kappa shape index (κ1) is 19.5. The minimum atomic E-state index is -0.640. The van der Waals surface area contributed by atoms with E-state index in [1.165, 1.54) is 30.3 Å². The number of phenolic OH excluding ortho intramolecular Hbond substituents is 1. The molecule has 0 aliphatic carbocycles. The maximum Gasteiger partial charge on any atom is 0.271 e. The molecule has 0 unspecified atom stereocenters. The van der Waals surface area contributed by atoms with Gasteiger partial charge in [0.1, 0.15) is 5.75 Å². The van der Waals surface area contributed by atoms with Crippen LogP contribution in [-0.2, 0) is 4.79 Å². The van der Waals surface area contributed by atoms with E-state index in [0.717, 1.165) is 24.3 Å². The Bertz CT molecular complexity index is 942. The molecule has 1 amide bonds. The molecule has 10 nitrogen and oxygen atoms in total. The molecule has 0 aromatic heterocycles. The van der Waals surface area contributed by atoms with Crippen molar-refractivity contribution in [2.45, 2.75) is 0 Å². The largest absolute Gasteiger partial charge is 0.506 e. The zero-order valence-electron chi connectivity index (χ0n) is 13.5. The van der Waals surface area contributed by atoms with Gasteiger partial charge >= 0.3 is 0 Å². The molecule has 0 heterocycles. The van der Waals surface area contributed by atoms with Crippen molar-refractivity contribution in [2.24, 2.45) is 0 Å². The number of thiocarbonyl (C=S) groups is 1. The summed E-state index contributed by atoms with van der Waals surface area (Å²) < 4.78 is 0. The molecule has 0 saturated heterocycles. The van der Waals surface area contributed by atoms with E-state index < -0.39 is 15.8 Å². The highest BCUT2D eigenvalue weighted by Crippen LogP contribution is 2.27. The van der Waals surface area contributed by atoms with Crippen LogP contribution in [0.15, 0.2) is 48.5 Å². The first-order chi connectivity index (χ1) is 12.8. The van der Waals surface area contributed by atoms with Gasteiger partial charge in [0.25, 0.3) is 11.4 Å². The van der Waals surface area contributed by atoms with Crippen LogP contribution in [0.2, 0.25) is 0 Å². The van der Waals surface area contributed by atoms with E-state index in [1.807, 2.05) is 0 Å². The van der Waals surface area contributed by atoms with Crippen LogP contribution in [0.3, 0.4) is 0 Å². The van der Waals surface area contributed by atoms with Crippen molar-refractivity contribution in [3.63, 3.8) is 0 Å². The van der Waals surface area contributed by atoms with Gasteiger partial charge < -0.3 is 10.4 Å². The molecule has 0 atom stereocenters. The van der Waals surface area contributed by atoms with Crippen molar-refractivity contribution in [1.82, 2.24) is 5.32 Å². The third-order valence-electron chi connectivity index (χ3n) is 3.21. The topological polar surface area (TPSA) is 148 Å². The number of carbonyl (C=O) groups excluding carboxylic acids is 1. The number of nitrogens with one attached hydrogen (secondary N) is 2. The van der Waals surface area contributed by atoms with Crippen molar-refractivity contribution >= 4 is 46.4 Å². The summed E-state index contributed by atoms with van der Waals surface area (Å²) in [5.74, 6) is -0.880. The first-order valence-corrected chi connectivity index (χ1v) is 7.69. The van der Waals surface area contributed by atoms with Crippen LogP contribution in [-0.4, -0.2) is 26.0 Å². The van der Waals surface area contributed by atoms with Gasteiger partial charge in [-0.2, -0.15) is 0 Å². The highest BCUT2D eigenvalue weighted by Gasteiger charge is 2.12. The zero-order chi connectivity index (χ0) is 20.0. The van der Waals surface area contributed by atoms with Crippen LogP contribution >= 0.6 is 12.2 Å². The number of amides is 1. The average Bonchev–Trinajstić information content (AvgIpc) is 2.62. The highest BCUT2D eigenvalue weighted by atomic mass is 32.1. The van der Waals surface area contributed by atoms with Crippen LogP contribution < -0.4 is 10.6 Å². The molecule has 3 N–H and O–H groups in total. The third kappa shape index (κ3) is 5.57. The van der Waals surface area contributed by atoms with Crippen LogP contribution in [0.4, 0.5) is 17.1 Å². The minimum absolute atomic E-state index is 0.0335. The summed E-state index contributed by atoms with van der Waals surface area (Å²) in [6.07, 6.45) is 2.58. The number of phenols is 1. The van der Waals surface area contributed by atoms with Gasteiger partial charge in [-0.1, -0.05) is 0 Å². The molecule has 0 fully saturated rings. The van der Waals surface area contributed by atoms with Gasteiger partial charge in [-0.15, -0.1) is 0 Å². The molecule has 2 aromatic carbocycles. The fourth-order valence-electron chi connectivity index (χ4n) is 1.92. The number of rotatable bonds is 5. The van der Waals surface area contributed by atoms with E-state index in [0.29, 0.717) is 5.56 Å². The van der Waals surface area contributed by atoms with E-state index in [2.05, 4.69) is 10.6 Å². The fraction of sp³-hybridized carbons (Fsp3) is 0. The fourth-order valence-corrected chi connectivity index (χ4v) is 2.13. The molecular formula is C16H12N4O6S. The zero-order valence-corrected chi connectivity index (χ0v) is 14.3. The van der Waals surface area contributed by atoms with Gasteiger partial charge in [-0.05, 0) is 42.1 Å². The third-order valence-corrected chi connectivity index (χ3v) is 3.41. The van der Waals surface area contributed by atoms with E-state index >= 15 is 0 Å². The Morgan fingerprint density at radius 2 is 1.63 bits per heavy atom. The summed E-state index contributed by atoms with van der Waals surface area (Å²) in [7, 11) is 0. The first-order valence-electron chi connectivity index (χ1n) is 7.28. The quantitative estimate of drug-likeness (QED) is 0.233. The lowest BCUT2D eigenvalue weighted by molar-refractivity contribution is -0.385. The molecule has 27 heavy (non-hydrogen) atoms. The Kier molecular flexibility index (Phi) is 6.12. The molecule has 0 aliphatic rings. The Morgan fingerprint density at radius 3 is 2.22 bits per heavy atom. The van der Waals surface area contributed by atoms with Crippen molar-refractivity contribution in [2.75, 3.05) is 5.32 Å². The smallest absolute Gasteiger partial charge is 0.271 e.